The van der Waals surface area contributed by atoms with E-state index in [2.05, 4.69) is 9.97 Å². The Morgan fingerprint density at radius 1 is 1.57 bits per heavy atom. The van der Waals surface area contributed by atoms with Gasteiger partial charge >= 0.3 is 5.97 Å². The molecular formula is C9H13N3O2. The van der Waals surface area contributed by atoms with Gasteiger partial charge in [0.2, 0.25) is 0 Å². The van der Waals surface area contributed by atoms with E-state index in [9.17, 15) is 4.79 Å². The number of aromatic nitrogens is 2. The topological polar surface area (TPSA) is 66.3 Å². The first-order valence-corrected chi connectivity index (χ1v) is 4.30. The van der Waals surface area contributed by atoms with Crippen LogP contribution in [0.4, 0.5) is 5.82 Å². The van der Waals surface area contributed by atoms with Crippen molar-refractivity contribution >= 4 is 11.8 Å². The Kier molecular flexibility index (Phi) is 3.39. The summed E-state index contributed by atoms with van der Waals surface area (Å²) in [6.45, 7) is 0. The Morgan fingerprint density at radius 2 is 2.29 bits per heavy atom. The predicted molar refractivity (Wildman–Crippen MR) is 52.3 cm³/mol. The number of hydrogen-bond acceptors (Lipinski definition) is 4. The Bertz CT molecular complexity index is 326. The second-order valence-electron chi connectivity index (χ2n) is 3.12. The van der Waals surface area contributed by atoms with Crippen LogP contribution in [0.5, 0.6) is 0 Å². The van der Waals surface area contributed by atoms with Crippen molar-refractivity contribution in [3.8, 4) is 0 Å². The number of aliphatic carboxylic acids is 1. The Balaban J connectivity index is 2.68. The molecule has 0 unspecified atom stereocenters. The summed E-state index contributed by atoms with van der Waals surface area (Å²) in [7, 11) is 3.76. The zero-order valence-electron chi connectivity index (χ0n) is 8.27. The van der Waals surface area contributed by atoms with Crippen LogP contribution in [-0.2, 0) is 11.2 Å². The van der Waals surface area contributed by atoms with E-state index < -0.39 is 5.97 Å². The lowest BCUT2D eigenvalue weighted by Gasteiger charge is -2.10. The van der Waals surface area contributed by atoms with Crippen molar-refractivity contribution in [2.24, 2.45) is 0 Å². The predicted octanol–water partition coefficient (Wildman–Crippen LogP) is 0.560. The highest BCUT2D eigenvalue weighted by atomic mass is 16.4. The molecule has 5 nitrogen and oxygen atoms in total. The minimum absolute atomic E-state index is 0.0664. The Hall–Kier alpha value is -1.65. The number of aryl methyl sites for hydroxylation is 1. The molecule has 0 spiro atoms. The van der Waals surface area contributed by atoms with Crippen molar-refractivity contribution in [3.63, 3.8) is 0 Å². The number of carboxylic acid groups (broad SMARTS) is 1. The van der Waals surface area contributed by atoms with Gasteiger partial charge in [0.15, 0.2) is 0 Å². The van der Waals surface area contributed by atoms with Gasteiger partial charge in [0.1, 0.15) is 11.6 Å². The highest BCUT2D eigenvalue weighted by Crippen LogP contribution is 2.06. The molecule has 1 aromatic rings. The van der Waals surface area contributed by atoms with Crippen LogP contribution in [0.25, 0.3) is 0 Å². The van der Waals surface area contributed by atoms with Crippen LogP contribution in [0.1, 0.15) is 12.2 Å². The molecule has 0 aliphatic carbocycles. The van der Waals surface area contributed by atoms with Crippen molar-refractivity contribution in [2.45, 2.75) is 12.8 Å². The third-order valence-corrected chi connectivity index (χ3v) is 1.71. The number of carbonyl (C=O) groups is 1. The minimum atomic E-state index is -0.830. The van der Waals surface area contributed by atoms with E-state index in [1.807, 2.05) is 19.0 Å². The number of carboxylic acids is 1. The van der Waals surface area contributed by atoms with E-state index in [0.29, 0.717) is 12.2 Å². The van der Waals surface area contributed by atoms with Crippen molar-refractivity contribution in [1.82, 2.24) is 9.97 Å². The first-order valence-electron chi connectivity index (χ1n) is 4.30. The molecule has 0 aliphatic heterocycles. The van der Waals surface area contributed by atoms with Crippen LogP contribution in [0.3, 0.4) is 0 Å². The molecule has 1 N–H and O–H groups in total. The zero-order valence-corrected chi connectivity index (χ0v) is 8.27. The lowest BCUT2D eigenvalue weighted by atomic mass is 10.3. The summed E-state index contributed by atoms with van der Waals surface area (Å²) < 4.78 is 0. The summed E-state index contributed by atoms with van der Waals surface area (Å²) in [5, 5.41) is 8.49. The first-order chi connectivity index (χ1) is 6.59. The van der Waals surface area contributed by atoms with E-state index in [-0.39, 0.29) is 6.42 Å². The molecular weight excluding hydrogens is 182 g/mol. The van der Waals surface area contributed by atoms with Crippen molar-refractivity contribution in [3.05, 3.63) is 18.1 Å². The molecule has 0 aliphatic rings. The summed E-state index contributed by atoms with van der Waals surface area (Å²) in [6, 6.07) is 1.78. The smallest absolute Gasteiger partial charge is 0.303 e. The molecule has 5 heteroatoms. The molecule has 0 saturated heterocycles. The maximum Gasteiger partial charge on any atom is 0.303 e. The van der Waals surface area contributed by atoms with Gasteiger partial charge in [0.25, 0.3) is 0 Å². The Labute approximate surface area is 82.4 Å². The summed E-state index contributed by atoms with van der Waals surface area (Å²) in [5.41, 5.74) is 0. The number of nitrogens with zero attached hydrogens (tertiary/aromatic N) is 3. The average molecular weight is 195 g/mol. The molecule has 0 saturated carbocycles. The van der Waals surface area contributed by atoms with Crippen LogP contribution >= 0.6 is 0 Å². The fourth-order valence-corrected chi connectivity index (χ4v) is 0.977. The molecule has 1 rings (SSSR count). The molecule has 0 bridgehead atoms. The third kappa shape index (κ3) is 3.01. The SMILES string of the molecule is CN(C)c1ccnc(CCC(=O)O)n1. The fraction of sp³-hybridized carbons (Fsp3) is 0.444. The van der Waals surface area contributed by atoms with Crippen LogP contribution in [0, 0.1) is 0 Å². The van der Waals surface area contributed by atoms with E-state index in [1.54, 1.807) is 12.3 Å². The molecule has 0 aromatic carbocycles. The largest absolute Gasteiger partial charge is 0.481 e. The maximum atomic E-state index is 10.3. The summed E-state index contributed by atoms with van der Waals surface area (Å²) in [6.07, 6.45) is 2.08. The first kappa shape index (κ1) is 10.4. The van der Waals surface area contributed by atoms with Crippen molar-refractivity contribution in [1.29, 1.82) is 0 Å². The fourth-order valence-electron chi connectivity index (χ4n) is 0.977. The van der Waals surface area contributed by atoms with Gasteiger partial charge in [-0.05, 0) is 6.07 Å². The van der Waals surface area contributed by atoms with E-state index in [1.165, 1.54) is 0 Å². The van der Waals surface area contributed by atoms with Crippen LogP contribution in [-0.4, -0.2) is 35.1 Å². The second-order valence-corrected chi connectivity index (χ2v) is 3.12. The number of hydrogen-bond donors (Lipinski definition) is 1. The minimum Gasteiger partial charge on any atom is -0.481 e. The number of anilines is 1. The Morgan fingerprint density at radius 3 is 2.86 bits per heavy atom. The summed E-state index contributed by atoms with van der Waals surface area (Å²) >= 11 is 0. The van der Waals surface area contributed by atoms with Gasteiger partial charge in [-0.2, -0.15) is 0 Å². The molecule has 1 aromatic heterocycles. The number of rotatable bonds is 4. The molecule has 76 valence electrons. The van der Waals surface area contributed by atoms with E-state index >= 15 is 0 Å². The van der Waals surface area contributed by atoms with Crippen LogP contribution in [0.2, 0.25) is 0 Å². The quantitative estimate of drug-likeness (QED) is 0.760. The maximum absolute atomic E-state index is 10.3. The molecule has 0 fully saturated rings. The van der Waals surface area contributed by atoms with Gasteiger partial charge in [-0.3, -0.25) is 4.79 Å². The van der Waals surface area contributed by atoms with Crippen LogP contribution < -0.4 is 4.90 Å². The standard InChI is InChI=1S/C9H13N3O2/c1-12(2)8-5-6-10-7(11-8)3-4-9(13)14/h5-6H,3-4H2,1-2H3,(H,13,14). The zero-order chi connectivity index (χ0) is 10.6. The molecule has 14 heavy (non-hydrogen) atoms. The average Bonchev–Trinajstić information content (AvgIpc) is 2.15. The van der Waals surface area contributed by atoms with E-state index in [4.69, 9.17) is 5.11 Å². The van der Waals surface area contributed by atoms with Crippen molar-refractivity contribution in [2.75, 3.05) is 19.0 Å². The second kappa shape index (κ2) is 4.55. The van der Waals surface area contributed by atoms with Gasteiger partial charge in [0.05, 0.1) is 6.42 Å². The summed E-state index contributed by atoms with van der Waals surface area (Å²) in [4.78, 5) is 20.4. The van der Waals surface area contributed by atoms with Crippen LogP contribution in [0.15, 0.2) is 12.3 Å². The van der Waals surface area contributed by atoms with Gasteiger partial charge < -0.3 is 10.0 Å². The normalized spacial score (nSPS) is 9.86. The third-order valence-electron chi connectivity index (χ3n) is 1.71. The van der Waals surface area contributed by atoms with Gasteiger partial charge in [-0.15, -0.1) is 0 Å². The molecule has 0 atom stereocenters. The molecule has 1 heterocycles. The van der Waals surface area contributed by atoms with E-state index in [0.717, 1.165) is 5.82 Å². The molecule has 0 radical (unpaired) electrons. The van der Waals surface area contributed by atoms with Gasteiger partial charge in [-0.1, -0.05) is 0 Å². The summed E-state index contributed by atoms with van der Waals surface area (Å²) in [5.74, 6) is 0.530. The van der Waals surface area contributed by atoms with Gasteiger partial charge in [0, 0.05) is 26.7 Å². The highest BCUT2D eigenvalue weighted by molar-refractivity contribution is 5.66. The highest BCUT2D eigenvalue weighted by Gasteiger charge is 2.03. The van der Waals surface area contributed by atoms with Crippen molar-refractivity contribution < 1.29 is 9.90 Å². The lowest BCUT2D eigenvalue weighted by Crippen LogP contribution is -2.12. The monoisotopic (exact) mass is 195 g/mol. The lowest BCUT2D eigenvalue weighted by molar-refractivity contribution is -0.137. The van der Waals surface area contributed by atoms with Gasteiger partial charge in [-0.25, -0.2) is 9.97 Å². The molecule has 0 amide bonds.